The third-order valence-corrected chi connectivity index (χ3v) is 4.24. The molecule has 0 spiro atoms. The Balaban J connectivity index is 2.19. The number of nitrogens with one attached hydrogen (secondary N) is 1. The van der Waals surface area contributed by atoms with E-state index in [4.69, 9.17) is 4.74 Å². The molecule has 0 amide bonds. The molecule has 2 bridgehead atoms. The van der Waals surface area contributed by atoms with Gasteiger partial charge < -0.3 is 15.0 Å². The molecule has 0 aromatic heterocycles. The number of hydrogen-bond donors (Lipinski definition) is 1. The van der Waals surface area contributed by atoms with E-state index in [1.807, 2.05) is 6.92 Å². The van der Waals surface area contributed by atoms with Gasteiger partial charge in [0, 0.05) is 12.1 Å². The second-order valence-electron chi connectivity index (χ2n) is 5.06. The van der Waals surface area contributed by atoms with Gasteiger partial charge in [-0.15, -0.1) is 0 Å². The van der Waals surface area contributed by atoms with Crippen molar-refractivity contribution in [3.8, 4) is 0 Å². The Morgan fingerprint density at radius 3 is 2.44 bits per heavy atom. The average Bonchev–Trinajstić information content (AvgIpc) is 2.53. The zero-order chi connectivity index (χ0) is 11.8. The Hall–Kier alpha value is -0.610. The molecule has 0 aromatic carbocycles. The number of fused-ring (bicyclic) bond motifs is 2. The summed E-state index contributed by atoms with van der Waals surface area (Å²) in [5.74, 6) is -0.0839. The zero-order valence-corrected chi connectivity index (χ0v) is 10.5. The van der Waals surface area contributed by atoms with Gasteiger partial charge in [-0.2, -0.15) is 0 Å². The molecule has 2 fully saturated rings. The third kappa shape index (κ3) is 1.74. The Labute approximate surface area is 97.3 Å². The highest BCUT2D eigenvalue weighted by Crippen LogP contribution is 2.40. The van der Waals surface area contributed by atoms with Crippen molar-refractivity contribution in [3.05, 3.63) is 0 Å². The number of esters is 1. The molecule has 4 heteroatoms. The zero-order valence-electron chi connectivity index (χ0n) is 10.5. The van der Waals surface area contributed by atoms with Crippen LogP contribution in [0.15, 0.2) is 0 Å². The first-order valence-electron chi connectivity index (χ1n) is 6.18. The van der Waals surface area contributed by atoms with E-state index in [0.717, 1.165) is 19.4 Å². The first-order chi connectivity index (χ1) is 7.63. The molecule has 0 aromatic rings. The maximum atomic E-state index is 12.0. The largest absolute Gasteiger partial charge is 0.468 e. The Bertz CT molecular complexity index is 266. The fourth-order valence-corrected chi connectivity index (χ4v) is 3.39. The third-order valence-electron chi connectivity index (χ3n) is 4.24. The maximum absolute atomic E-state index is 12.0. The fraction of sp³-hybridized carbons (Fsp3) is 0.917. The van der Waals surface area contributed by atoms with Crippen LogP contribution in [-0.2, 0) is 9.53 Å². The number of nitrogens with zero attached hydrogens (tertiary/aromatic N) is 1. The smallest absolute Gasteiger partial charge is 0.326 e. The standard InChI is InChI=1S/C12H22N2O2/c1-4-13-12(11(15)16-3)7-9-5-6-10(8-12)14(9)2/h9-10,13H,4-8H2,1-3H3. The molecule has 0 aliphatic carbocycles. The van der Waals surface area contributed by atoms with Gasteiger partial charge in [0.2, 0.25) is 0 Å². The van der Waals surface area contributed by atoms with Crippen molar-refractivity contribution in [2.75, 3.05) is 20.7 Å². The molecule has 2 rings (SSSR count). The van der Waals surface area contributed by atoms with Crippen molar-refractivity contribution >= 4 is 5.97 Å². The predicted molar refractivity (Wildman–Crippen MR) is 62.2 cm³/mol. The summed E-state index contributed by atoms with van der Waals surface area (Å²) in [6.07, 6.45) is 4.21. The van der Waals surface area contributed by atoms with Crippen molar-refractivity contribution in [1.29, 1.82) is 0 Å². The van der Waals surface area contributed by atoms with Gasteiger partial charge in [-0.25, -0.2) is 0 Å². The first kappa shape index (κ1) is 11.9. The molecule has 92 valence electrons. The minimum absolute atomic E-state index is 0.0839. The van der Waals surface area contributed by atoms with Crippen LogP contribution in [0.5, 0.6) is 0 Å². The van der Waals surface area contributed by atoms with Gasteiger partial charge in [-0.1, -0.05) is 6.92 Å². The Kier molecular flexibility index (Phi) is 3.22. The molecular formula is C12H22N2O2. The van der Waals surface area contributed by atoms with Gasteiger partial charge in [-0.3, -0.25) is 4.79 Å². The average molecular weight is 226 g/mol. The van der Waals surface area contributed by atoms with Crippen LogP contribution >= 0.6 is 0 Å². The first-order valence-corrected chi connectivity index (χ1v) is 6.18. The van der Waals surface area contributed by atoms with Gasteiger partial charge in [0.25, 0.3) is 0 Å². The summed E-state index contributed by atoms with van der Waals surface area (Å²) >= 11 is 0. The second kappa shape index (κ2) is 4.34. The summed E-state index contributed by atoms with van der Waals surface area (Å²) in [6.45, 7) is 2.86. The molecule has 1 N–H and O–H groups in total. The molecule has 2 atom stereocenters. The van der Waals surface area contributed by atoms with Crippen LogP contribution in [-0.4, -0.2) is 49.2 Å². The molecule has 2 heterocycles. The number of likely N-dealkylation sites (N-methyl/N-ethyl adjacent to an activating group) is 1. The maximum Gasteiger partial charge on any atom is 0.326 e. The lowest BCUT2D eigenvalue weighted by molar-refractivity contribution is -0.152. The van der Waals surface area contributed by atoms with Crippen LogP contribution in [0, 0.1) is 0 Å². The minimum Gasteiger partial charge on any atom is -0.468 e. The van der Waals surface area contributed by atoms with Crippen molar-refractivity contribution in [2.45, 2.75) is 50.2 Å². The highest BCUT2D eigenvalue weighted by Gasteiger charge is 2.51. The van der Waals surface area contributed by atoms with Gasteiger partial charge in [-0.05, 0) is 39.3 Å². The summed E-state index contributed by atoms with van der Waals surface area (Å²) < 4.78 is 4.99. The molecule has 0 saturated carbocycles. The summed E-state index contributed by atoms with van der Waals surface area (Å²) in [5, 5.41) is 3.37. The fourth-order valence-electron chi connectivity index (χ4n) is 3.39. The number of ether oxygens (including phenoxy) is 1. The lowest BCUT2D eigenvalue weighted by Crippen LogP contribution is -2.61. The highest BCUT2D eigenvalue weighted by molar-refractivity contribution is 5.81. The van der Waals surface area contributed by atoms with Crippen LogP contribution in [0.25, 0.3) is 0 Å². The Morgan fingerprint density at radius 2 is 2.00 bits per heavy atom. The number of carbonyl (C=O) groups is 1. The highest BCUT2D eigenvalue weighted by atomic mass is 16.5. The van der Waals surface area contributed by atoms with E-state index in [-0.39, 0.29) is 5.97 Å². The van der Waals surface area contributed by atoms with E-state index in [1.165, 1.54) is 20.0 Å². The SMILES string of the molecule is CCNC1(C(=O)OC)CC2CCC(C1)N2C. The van der Waals surface area contributed by atoms with E-state index in [0.29, 0.717) is 12.1 Å². The molecule has 4 nitrogen and oxygen atoms in total. The predicted octanol–water partition coefficient (Wildman–Crippen LogP) is 0.764. The van der Waals surface area contributed by atoms with E-state index in [2.05, 4.69) is 17.3 Å². The number of carbonyl (C=O) groups excluding carboxylic acids is 1. The summed E-state index contributed by atoms with van der Waals surface area (Å²) in [4.78, 5) is 14.4. The molecule has 16 heavy (non-hydrogen) atoms. The van der Waals surface area contributed by atoms with Crippen LogP contribution in [0.2, 0.25) is 0 Å². The topological polar surface area (TPSA) is 41.6 Å². The molecule has 2 aliphatic heterocycles. The van der Waals surface area contributed by atoms with E-state index >= 15 is 0 Å². The number of rotatable bonds is 3. The second-order valence-corrected chi connectivity index (χ2v) is 5.06. The molecule has 2 unspecified atom stereocenters. The van der Waals surface area contributed by atoms with Gasteiger partial charge in [0.1, 0.15) is 5.54 Å². The Morgan fingerprint density at radius 1 is 1.44 bits per heavy atom. The lowest BCUT2D eigenvalue weighted by Gasteiger charge is -2.43. The van der Waals surface area contributed by atoms with E-state index < -0.39 is 5.54 Å². The van der Waals surface area contributed by atoms with Crippen molar-refractivity contribution in [2.24, 2.45) is 0 Å². The van der Waals surface area contributed by atoms with Crippen molar-refractivity contribution in [3.63, 3.8) is 0 Å². The summed E-state index contributed by atoms with van der Waals surface area (Å²) in [7, 11) is 3.66. The summed E-state index contributed by atoms with van der Waals surface area (Å²) in [5.41, 5.74) is -0.429. The quantitative estimate of drug-likeness (QED) is 0.722. The normalized spacial score (nSPS) is 38.7. The molecule has 2 aliphatic rings. The minimum atomic E-state index is -0.429. The van der Waals surface area contributed by atoms with Gasteiger partial charge in [0.05, 0.1) is 7.11 Å². The van der Waals surface area contributed by atoms with Gasteiger partial charge >= 0.3 is 5.97 Å². The molecule has 0 radical (unpaired) electrons. The van der Waals surface area contributed by atoms with Crippen LogP contribution in [0.3, 0.4) is 0 Å². The van der Waals surface area contributed by atoms with E-state index in [1.54, 1.807) is 0 Å². The monoisotopic (exact) mass is 226 g/mol. The molecule has 2 saturated heterocycles. The number of methoxy groups -OCH3 is 1. The van der Waals surface area contributed by atoms with Crippen molar-refractivity contribution in [1.82, 2.24) is 10.2 Å². The number of piperidine rings is 1. The van der Waals surface area contributed by atoms with Crippen LogP contribution < -0.4 is 5.32 Å². The van der Waals surface area contributed by atoms with Crippen LogP contribution in [0.4, 0.5) is 0 Å². The van der Waals surface area contributed by atoms with Gasteiger partial charge in [0.15, 0.2) is 0 Å². The number of hydrogen-bond acceptors (Lipinski definition) is 4. The van der Waals surface area contributed by atoms with E-state index in [9.17, 15) is 4.79 Å². The van der Waals surface area contributed by atoms with Crippen molar-refractivity contribution < 1.29 is 9.53 Å². The molecular weight excluding hydrogens is 204 g/mol. The lowest BCUT2D eigenvalue weighted by atomic mass is 9.83. The summed E-state index contributed by atoms with van der Waals surface area (Å²) in [6, 6.07) is 1.08. The van der Waals surface area contributed by atoms with Crippen LogP contribution in [0.1, 0.15) is 32.6 Å².